The zero-order chi connectivity index (χ0) is 19.3. The summed E-state index contributed by atoms with van der Waals surface area (Å²) in [5, 5.41) is 1.78. The molecular formula is C20H20N4O3S. The van der Waals surface area contributed by atoms with E-state index in [-0.39, 0.29) is 11.8 Å². The number of amides is 1. The van der Waals surface area contributed by atoms with E-state index in [2.05, 4.69) is 15.0 Å². The van der Waals surface area contributed by atoms with Crippen molar-refractivity contribution in [1.82, 2.24) is 19.9 Å². The van der Waals surface area contributed by atoms with Crippen LogP contribution in [0.25, 0.3) is 0 Å². The quantitative estimate of drug-likeness (QED) is 0.654. The van der Waals surface area contributed by atoms with Gasteiger partial charge >= 0.3 is 0 Å². The van der Waals surface area contributed by atoms with Gasteiger partial charge in [0.15, 0.2) is 0 Å². The minimum Gasteiger partial charge on any atom is -0.497 e. The number of piperidine rings is 1. The Labute approximate surface area is 167 Å². The number of hydrogen-bond donors (Lipinski definition) is 0. The van der Waals surface area contributed by atoms with E-state index >= 15 is 0 Å². The Morgan fingerprint density at radius 3 is 2.68 bits per heavy atom. The van der Waals surface area contributed by atoms with E-state index in [1.54, 1.807) is 30.4 Å². The predicted octanol–water partition coefficient (Wildman–Crippen LogP) is 3.75. The highest BCUT2D eigenvalue weighted by Gasteiger charge is 2.29. The molecule has 0 spiro atoms. The number of aromatic nitrogens is 3. The molecule has 1 atom stereocenters. The van der Waals surface area contributed by atoms with Gasteiger partial charge in [0.25, 0.3) is 5.91 Å². The fourth-order valence-corrected chi connectivity index (χ4v) is 3.84. The summed E-state index contributed by atoms with van der Waals surface area (Å²) in [5.74, 6) is 1.93. The molecule has 1 unspecified atom stereocenters. The van der Waals surface area contributed by atoms with Crippen LogP contribution in [0.15, 0.2) is 47.5 Å². The van der Waals surface area contributed by atoms with E-state index in [1.807, 2.05) is 29.2 Å². The maximum Gasteiger partial charge on any atom is 0.273 e. The van der Waals surface area contributed by atoms with Crippen LogP contribution in [0.5, 0.6) is 17.4 Å². The second kappa shape index (κ2) is 8.35. The smallest absolute Gasteiger partial charge is 0.273 e. The Morgan fingerprint density at radius 1 is 1.14 bits per heavy atom. The van der Waals surface area contributed by atoms with E-state index in [9.17, 15) is 4.79 Å². The van der Waals surface area contributed by atoms with Crippen molar-refractivity contribution in [2.45, 2.75) is 18.8 Å². The van der Waals surface area contributed by atoms with Gasteiger partial charge in [0, 0.05) is 36.8 Å². The zero-order valence-corrected chi connectivity index (χ0v) is 16.3. The Balaban J connectivity index is 1.52. The van der Waals surface area contributed by atoms with Gasteiger partial charge in [-0.05, 0) is 37.1 Å². The lowest BCUT2D eigenvalue weighted by Gasteiger charge is -2.32. The van der Waals surface area contributed by atoms with Crippen LogP contribution in [0.4, 0.5) is 0 Å². The van der Waals surface area contributed by atoms with E-state index in [1.165, 1.54) is 11.3 Å². The molecule has 0 bridgehead atoms. The van der Waals surface area contributed by atoms with Crippen molar-refractivity contribution < 1.29 is 14.3 Å². The van der Waals surface area contributed by atoms with Gasteiger partial charge in [-0.2, -0.15) is 0 Å². The largest absolute Gasteiger partial charge is 0.497 e. The van der Waals surface area contributed by atoms with Crippen LogP contribution in [0.3, 0.4) is 0 Å². The van der Waals surface area contributed by atoms with E-state index in [4.69, 9.17) is 9.47 Å². The third-order valence-corrected chi connectivity index (χ3v) is 5.30. The van der Waals surface area contributed by atoms with Crippen LogP contribution in [-0.4, -0.2) is 46.0 Å². The van der Waals surface area contributed by atoms with Crippen molar-refractivity contribution in [3.8, 4) is 17.4 Å². The fraction of sp³-hybridized carbons (Fsp3) is 0.300. The number of nitrogens with zero attached hydrogens (tertiary/aromatic N) is 4. The van der Waals surface area contributed by atoms with Gasteiger partial charge in [-0.15, -0.1) is 11.3 Å². The number of carbonyl (C=O) groups is 1. The van der Waals surface area contributed by atoms with Crippen LogP contribution in [0.1, 0.15) is 34.9 Å². The van der Waals surface area contributed by atoms with Crippen LogP contribution in [-0.2, 0) is 0 Å². The van der Waals surface area contributed by atoms with Crippen LogP contribution < -0.4 is 9.47 Å². The summed E-state index contributed by atoms with van der Waals surface area (Å²) in [7, 11) is 1.62. The monoisotopic (exact) mass is 396 g/mol. The first kappa shape index (κ1) is 18.4. The Hall–Kier alpha value is -3.00. The maximum absolute atomic E-state index is 12.7. The van der Waals surface area contributed by atoms with Crippen LogP contribution in [0, 0.1) is 0 Å². The number of hydrogen-bond acceptors (Lipinski definition) is 7. The highest BCUT2D eigenvalue weighted by molar-refractivity contribution is 7.07. The zero-order valence-electron chi connectivity index (χ0n) is 15.4. The summed E-state index contributed by atoms with van der Waals surface area (Å²) in [6.07, 6.45) is 5.11. The summed E-state index contributed by atoms with van der Waals surface area (Å²) < 4.78 is 11.2. The van der Waals surface area contributed by atoms with E-state index in [0.29, 0.717) is 23.9 Å². The number of carbonyl (C=O) groups excluding carboxylic acids is 1. The number of rotatable bonds is 5. The Kier molecular flexibility index (Phi) is 5.48. The molecule has 1 aliphatic heterocycles. The van der Waals surface area contributed by atoms with Gasteiger partial charge in [-0.3, -0.25) is 9.78 Å². The number of thiazole rings is 1. The van der Waals surface area contributed by atoms with Crippen molar-refractivity contribution in [1.29, 1.82) is 0 Å². The summed E-state index contributed by atoms with van der Waals surface area (Å²) in [5.41, 5.74) is 2.95. The minimum atomic E-state index is -0.0348. The van der Waals surface area contributed by atoms with Crippen LogP contribution >= 0.6 is 11.3 Å². The number of methoxy groups -OCH3 is 1. The van der Waals surface area contributed by atoms with Crippen molar-refractivity contribution in [2.75, 3.05) is 20.2 Å². The molecule has 0 aliphatic carbocycles. The first-order chi connectivity index (χ1) is 13.7. The third kappa shape index (κ3) is 3.96. The first-order valence-electron chi connectivity index (χ1n) is 9.05. The SMILES string of the molecule is COc1ccc(Oc2nccnc2C2CCCN(C(=O)c3cscn3)C2)cc1. The second-order valence-electron chi connectivity index (χ2n) is 6.49. The number of likely N-dealkylation sites (tertiary alicyclic amines) is 1. The standard InChI is InChI=1S/C20H20N4O3S/c1-26-15-4-6-16(7-5-15)27-19-18(21-8-9-22-19)14-3-2-10-24(11-14)20(25)17-12-28-13-23-17/h4-9,12-14H,2-3,10-11H2,1H3. The molecule has 1 saturated heterocycles. The number of benzene rings is 1. The fourth-order valence-electron chi connectivity index (χ4n) is 3.32. The highest BCUT2D eigenvalue weighted by atomic mass is 32.1. The Morgan fingerprint density at radius 2 is 1.93 bits per heavy atom. The Bertz CT molecular complexity index is 931. The third-order valence-electron chi connectivity index (χ3n) is 4.71. The van der Waals surface area contributed by atoms with Crippen molar-refractivity contribution in [2.24, 2.45) is 0 Å². The molecule has 1 amide bonds. The van der Waals surface area contributed by atoms with Crippen LogP contribution in [0.2, 0.25) is 0 Å². The molecule has 3 aromatic rings. The summed E-state index contributed by atoms with van der Waals surface area (Å²) in [4.78, 5) is 27.6. The normalized spacial score (nSPS) is 16.6. The van der Waals surface area contributed by atoms with Gasteiger partial charge in [0.05, 0.1) is 12.6 Å². The molecule has 4 rings (SSSR count). The summed E-state index contributed by atoms with van der Waals surface area (Å²) in [6, 6.07) is 7.33. The lowest BCUT2D eigenvalue weighted by Crippen LogP contribution is -2.39. The van der Waals surface area contributed by atoms with Gasteiger partial charge in [0.1, 0.15) is 22.9 Å². The van der Waals surface area contributed by atoms with E-state index < -0.39 is 0 Å². The number of ether oxygens (including phenoxy) is 2. The van der Waals surface area contributed by atoms with Crippen molar-refractivity contribution in [3.05, 3.63) is 58.9 Å². The summed E-state index contributed by atoms with van der Waals surface area (Å²) >= 11 is 1.43. The molecule has 28 heavy (non-hydrogen) atoms. The predicted molar refractivity (Wildman–Crippen MR) is 105 cm³/mol. The maximum atomic E-state index is 12.7. The highest BCUT2D eigenvalue weighted by Crippen LogP contribution is 2.33. The van der Waals surface area contributed by atoms with Crippen molar-refractivity contribution >= 4 is 17.2 Å². The van der Waals surface area contributed by atoms with Gasteiger partial charge in [-0.1, -0.05) is 0 Å². The molecule has 0 N–H and O–H groups in total. The molecule has 1 fully saturated rings. The topological polar surface area (TPSA) is 77.4 Å². The molecule has 7 nitrogen and oxygen atoms in total. The molecule has 2 aromatic heterocycles. The first-order valence-corrected chi connectivity index (χ1v) is 9.99. The van der Waals surface area contributed by atoms with Gasteiger partial charge in [-0.25, -0.2) is 9.97 Å². The molecule has 3 heterocycles. The van der Waals surface area contributed by atoms with Gasteiger partial charge in [0.2, 0.25) is 5.88 Å². The lowest BCUT2D eigenvalue weighted by atomic mass is 9.94. The summed E-state index contributed by atoms with van der Waals surface area (Å²) in [6.45, 7) is 1.30. The molecule has 1 aromatic carbocycles. The molecular weight excluding hydrogens is 376 g/mol. The average molecular weight is 396 g/mol. The average Bonchev–Trinajstić information content (AvgIpc) is 3.29. The van der Waals surface area contributed by atoms with Gasteiger partial charge < -0.3 is 14.4 Å². The minimum absolute atomic E-state index is 0.0348. The molecule has 0 saturated carbocycles. The molecule has 0 radical (unpaired) electrons. The lowest BCUT2D eigenvalue weighted by molar-refractivity contribution is 0.0699. The molecule has 1 aliphatic rings. The molecule has 144 valence electrons. The molecule has 8 heteroatoms. The van der Waals surface area contributed by atoms with E-state index in [0.717, 1.165) is 30.8 Å². The van der Waals surface area contributed by atoms with Crippen molar-refractivity contribution in [3.63, 3.8) is 0 Å². The second-order valence-corrected chi connectivity index (χ2v) is 7.21.